The topological polar surface area (TPSA) is 55.1 Å². The highest BCUT2D eigenvalue weighted by atomic mass is 79.9. The van der Waals surface area contributed by atoms with Crippen molar-refractivity contribution in [3.05, 3.63) is 33.8 Å². The van der Waals surface area contributed by atoms with Gasteiger partial charge in [-0.3, -0.25) is 4.79 Å². The summed E-state index contributed by atoms with van der Waals surface area (Å²) < 4.78 is 1.03. The standard InChI is InChI=1S/C13H17BrN2O/c1-9-2-3-11(14)6-10(9)7-16-12(17)13(8-15)4-5-13/h2-3,6H,4-5,7-8,15H2,1H3,(H,16,17). The summed E-state index contributed by atoms with van der Waals surface area (Å²) in [5, 5.41) is 2.98. The molecule has 0 spiro atoms. The largest absolute Gasteiger partial charge is 0.351 e. The second-order valence-corrected chi connectivity index (χ2v) is 5.65. The van der Waals surface area contributed by atoms with Crippen molar-refractivity contribution in [2.45, 2.75) is 26.3 Å². The molecule has 2 rings (SSSR count). The van der Waals surface area contributed by atoms with Crippen molar-refractivity contribution in [3.63, 3.8) is 0 Å². The second-order valence-electron chi connectivity index (χ2n) is 4.74. The highest BCUT2D eigenvalue weighted by molar-refractivity contribution is 9.10. The van der Waals surface area contributed by atoms with Crippen LogP contribution in [0.15, 0.2) is 22.7 Å². The molecule has 0 heterocycles. The van der Waals surface area contributed by atoms with Crippen LogP contribution in [0.25, 0.3) is 0 Å². The zero-order valence-electron chi connectivity index (χ0n) is 9.92. The molecule has 17 heavy (non-hydrogen) atoms. The molecule has 4 heteroatoms. The molecular formula is C13H17BrN2O. The minimum atomic E-state index is -0.264. The van der Waals surface area contributed by atoms with E-state index in [4.69, 9.17) is 5.73 Å². The summed E-state index contributed by atoms with van der Waals surface area (Å²) in [6.45, 7) is 3.08. The first-order valence-corrected chi connectivity index (χ1v) is 6.60. The summed E-state index contributed by atoms with van der Waals surface area (Å²) in [6, 6.07) is 6.09. The van der Waals surface area contributed by atoms with Crippen LogP contribution in [0.2, 0.25) is 0 Å². The maximum Gasteiger partial charge on any atom is 0.227 e. The first kappa shape index (κ1) is 12.6. The molecule has 3 nitrogen and oxygen atoms in total. The van der Waals surface area contributed by atoms with E-state index in [1.54, 1.807) is 0 Å². The van der Waals surface area contributed by atoms with E-state index in [0.29, 0.717) is 13.1 Å². The summed E-state index contributed by atoms with van der Waals surface area (Å²) in [6.07, 6.45) is 1.85. The van der Waals surface area contributed by atoms with Crippen LogP contribution in [0.5, 0.6) is 0 Å². The van der Waals surface area contributed by atoms with Crippen LogP contribution in [-0.4, -0.2) is 12.5 Å². The van der Waals surface area contributed by atoms with Crippen molar-refractivity contribution in [1.29, 1.82) is 0 Å². The number of halogens is 1. The number of hydrogen-bond donors (Lipinski definition) is 2. The van der Waals surface area contributed by atoms with E-state index in [1.165, 1.54) is 5.56 Å². The molecule has 1 amide bonds. The predicted octanol–water partition coefficient (Wildman–Crippen LogP) is 2.11. The van der Waals surface area contributed by atoms with Gasteiger partial charge in [0, 0.05) is 17.6 Å². The van der Waals surface area contributed by atoms with Crippen molar-refractivity contribution < 1.29 is 4.79 Å². The SMILES string of the molecule is Cc1ccc(Br)cc1CNC(=O)C1(CN)CC1. The van der Waals surface area contributed by atoms with E-state index in [2.05, 4.69) is 21.2 Å². The van der Waals surface area contributed by atoms with Crippen LogP contribution in [0.1, 0.15) is 24.0 Å². The Kier molecular flexibility index (Phi) is 3.54. The van der Waals surface area contributed by atoms with Crippen molar-refractivity contribution in [3.8, 4) is 0 Å². The molecule has 0 radical (unpaired) electrons. The van der Waals surface area contributed by atoms with Gasteiger partial charge in [-0.05, 0) is 43.0 Å². The summed E-state index contributed by atoms with van der Waals surface area (Å²) in [5.41, 5.74) is 7.69. The molecule has 1 aliphatic carbocycles. The van der Waals surface area contributed by atoms with E-state index < -0.39 is 0 Å². The molecule has 1 aromatic rings. The van der Waals surface area contributed by atoms with Crippen LogP contribution in [0, 0.1) is 12.3 Å². The number of carbonyl (C=O) groups excluding carboxylic acids is 1. The van der Waals surface area contributed by atoms with E-state index >= 15 is 0 Å². The van der Waals surface area contributed by atoms with E-state index in [9.17, 15) is 4.79 Å². The van der Waals surface area contributed by atoms with Gasteiger partial charge in [-0.25, -0.2) is 0 Å². The first-order valence-electron chi connectivity index (χ1n) is 5.81. The Balaban J connectivity index is 1.98. The smallest absolute Gasteiger partial charge is 0.227 e. The van der Waals surface area contributed by atoms with Crippen LogP contribution in [-0.2, 0) is 11.3 Å². The minimum absolute atomic E-state index is 0.0966. The van der Waals surface area contributed by atoms with Gasteiger partial charge in [-0.1, -0.05) is 22.0 Å². The molecule has 1 aromatic carbocycles. The zero-order chi connectivity index (χ0) is 12.5. The lowest BCUT2D eigenvalue weighted by Crippen LogP contribution is -2.36. The van der Waals surface area contributed by atoms with Gasteiger partial charge in [0.15, 0.2) is 0 Å². The Morgan fingerprint density at radius 2 is 2.24 bits per heavy atom. The van der Waals surface area contributed by atoms with E-state index in [0.717, 1.165) is 22.9 Å². The van der Waals surface area contributed by atoms with Crippen LogP contribution < -0.4 is 11.1 Å². The molecule has 0 aliphatic heterocycles. The molecule has 1 aliphatic rings. The Morgan fingerprint density at radius 3 is 2.82 bits per heavy atom. The number of nitrogens with one attached hydrogen (secondary N) is 1. The van der Waals surface area contributed by atoms with Crippen molar-refractivity contribution in [1.82, 2.24) is 5.32 Å². The summed E-state index contributed by atoms with van der Waals surface area (Å²) >= 11 is 3.44. The maximum absolute atomic E-state index is 11.9. The number of rotatable bonds is 4. The van der Waals surface area contributed by atoms with Gasteiger partial charge < -0.3 is 11.1 Å². The average molecular weight is 297 g/mol. The van der Waals surface area contributed by atoms with Crippen molar-refractivity contribution in [2.24, 2.45) is 11.1 Å². The summed E-state index contributed by atoms with van der Waals surface area (Å²) in [4.78, 5) is 11.9. The maximum atomic E-state index is 11.9. The van der Waals surface area contributed by atoms with Gasteiger partial charge in [0.05, 0.1) is 5.41 Å². The lowest BCUT2D eigenvalue weighted by Gasteiger charge is -2.14. The average Bonchev–Trinajstić information content (AvgIpc) is 3.11. The first-order chi connectivity index (χ1) is 8.07. The second kappa shape index (κ2) is 4.78. The summed E-state index contributed by atoms with van der Waals surface area (Å²) in [5.74, 6) is 0.0966. The fourth-order valence-corrected chi connectivity index (χ4v) is 2.28. The third-order valence-electron chi connectivity index (χ3n) is 3.48. The minimum Gasteiger partial charge on any atom is -0.351 e. The number of aryl methyl sites for hydroxylation is 1. The van der Waals surface area contributed by atoms with Gasteiger partial charge in [-0.2, -0.15) is 0 Å². The molecule has 0 saturated heterocycles. The lowest BCUT2D eigenvalue weighted by molar-refractivity contribution is -0.126. The zero-order valence-corrected chi connectivity index (χ0v) is 11.5. The predicted molar refractivity (Wildman–Crippen MR) is 71.4 cm³/mol. The molecule has 0 atom stereocenters. The van der Waals surface area contributed by atoms with Gasteiger partial charge in [0.1, 0.15) is 0 Å². The molecule has 0 unspecified atom stereocenters. The Hall–Kier alpha value is -0.870. The lowest BCUT2D eigenvalue weighted by atomic mass is 10.1. The highest BCUT2D eigenvalue weighted by Gasteiger charge is 2.48. The van der Waals surface area contributed by atoms with E-state index in [-0.39, 0.29) is 11.3 Å². The normalized spacial score (nSPS) is 16.6. The van der Waals surface area contributed by atoms with Crippen LogP contribution in [0.4, 0.5) is 0 Å². The van der Waals surface area contributed by atoms with Gasteiger partial charge in [0.25, 0.3) is 0 Å². The van der Waals surface area contributed by atoms with Gasteiger partial charge >= 0.3 is 0 Å². The fourth-order valence-electron chi connectivity index (χ4n) is 1.87. The number of benzene rings is 1. The fraction of sp³-hybridized carbons (Fsp3) is 0.462. The molecule has 1 fully saturated rings. The van der Waals surface area contributed by atoms with Crippen LogP contribution >= 0.6 is 15.9 Å². The van der Waals surface area contributed by atoms with Crippen LogP contribution in [0.3, 0.4) is 0 Å². The molecule has 92 valence electrons. The highest BCUT2D eigenvalue weighted by Crippen LogP contribution is 2.44. The molecule has 0 bridgehead atoms. The monoisotopic (exact) mass is 296 g/mol. The number of amides is 1. The third-order valence-corrected chi connectivity index (χ3v) is 3.97. The van der Waals surface area contributed by atoms with Gasteiger partial charge in [-0.15, -0.1) is 0 Å². The number of carbonyl (C=O) groups is 1. The number of hydrogen-bond acceptors (Lipinski definition) is 2. The van der Waals surface area contributed by atoms with Crippen molar-refractivity contribution in [2.75, 3.05) is 6.54 Å². The Bertz CT molecular complexity index is 441. The molecular weight excluding hydrogens is 280 g/mol. The molecule has 0 aromatic heterocycles. The summed E-state index contributed by atoms with van der Waals surface area (Å²) in [7, 11) is 0. The number of nitrogens with two attached hydrogens (primary N) is 1. The Labute approximate surface area is 110 Å². The quantitative estimate of drug-likeness (QED) is 0.894. The molecule has 1 saturated carbocycles. The van der Waals surface area contributed by atoms with Crippen molar-refractivity contribution >= 4 is 21.8 Å². The third kappa shape index (κ3) is 2.69. The molecule has 3 N–H and O–H groups in total. The van der Waals surface area contributed by atoms with E-state index in [1.807, 2.05) is 25.1 Å². The Morgan fingerprint density at radius 1 is 1.53 bits per heavy atom. The van der Waals surface area contributed by atoms with Gasteiger partial charge in [0.2, 0.25) is 5.91 Å².